The summed E-state index contributed by atoms with van der Waals surface area (Å²) >= 11 is 9.55. The van der Waals surface area contributed by atoms with Crippen molar-refractivity contribution in [3.63, 3.8) is 0 Å². The van der Waals surface area contributed by atoms with E-state index in [1.807, 2.05) is 0 Å². The number of nitrogens with zero attached hydrogens (tertiary/aromatic N) is 2. The second kappa shape index (κ2) is 6.78. The molecule has 0 unspecified atom stereocenters. The van der Waals surface area contributed by atoms with Crippen molar-refractivity contribution in [2.45, 2.75) is 19.2 Å². The SMILES string of the molecule is CCCN1CCN(c2ccc(Br)cc2CCl)CC1. The molecule has 1 aliphatic heterocycles. The predicted molar refractivity (Wildman–Crippen MR) is 82.6 cm³/mol. The normalized spacial score (nSPS) is 17.2. The minimum absolute atomic E-state index is 0.573. The first kappa shape index (κ1) is 14.2. The lowest BCUT2D eigenvalue weighted by Gasteiger charge is -2.36. The van der Waals surface area contributed by atoms with Gasteiger partial charge in [-0.15, -0.1) is 11.6 Å². The number of piperazine rings is 1. The highest BCUT2D eigenvalue weighted by Gasteiger charge is 2.18. The Morgan fingerprint density at radius 2 is 1.94 bits per heavy atom. The number of benzene rings is 1. The van der Waals surface area contributed by atoms with Gasteiger partial charge in [0.25, 0.3) is 0 Å². The number of hydrogen-bond acceptors (Lipinski definition) is 2. The van der Waals surface area contributed by atoms with Crippen LogP contribution in [0.4, 0.5) is 5.69 Å². The average molecular weight is 332 g/mol. The van der Waals surface area contributed by atoms with Gasteiger partial charge in [-0.05, 0) is 36.7 Å². The quantitative estimate of drug-likeness (QED) is 0.776. The Balaban J connectivity index is 2.05. The number of rotatable bonds is 4. The first-order valence-electron chi connectivity index (χ1n) is 6.56. The summed E-state index contributed by atoms with van der Waals surface area (Å²) < 4.78 is 1.10. The highest BCUT2D eigenvalue weighted by Crippen LogP contribution is 2.27. The van der Waals surface area contributed by atoms with Crippen molar-refractivity contribution >= 4 is 33.2 Å². The highest BCUT2D eigenvalue weighted by molar-refractivity contribution is 9.10. The van der Waals surface area contributed by atoms with E-state index in [2.05, 4.69) is 50.9 Å². The summed E-state index contributed by atoms with van der Waals surface area (Å²) in [5.41, 5.74) is 2.51. The molecule has 0 radical (unpaired) electrons. The molecular weight excluding hydrogens is 312 g/mol. The smallest absolute Gasteiger partial charge is 0.0494 e. The molecule has 0 spiro atoms. The molecule has 1 heterocycles. The zero-order valence-corrected chi connectivity index (χ0v) is 13.2. The van der Waals surface area contributed by atoms with E-state index in [1.165, 1.54) is 24.2 Å². The average Bonchev–Trinajstić information content (AvgIpc) is 2.40. The third-order valence-corrected chi connectivity index (χ3v) is 4.22. The van der Waals surface area contributed by atoms with Crippen LogP contribution in [0.3, 0.4) is 0 Å². The Bertz CT molecular complexity index is 389. The fourth-order valence-electron chi connectivity index (χ4n) is 2.50. The molecule has 1 aliphatic rings. The summed E-state index contributed by atoms with van der Waals surface area (Å²) in [6.07, 6.45) is 1.24. The monoisotopic (exact) mass is 330 g/mol. The van der Waals surface area contributed by atoms with Crippen LogP contribution in [-0.2, 0) is 5.88 Å². The summed E-state index contributed by atoms with van der Waals surface area (Å²) in [5.74, 6) is 0.573. The summed E-state index contributed by atoms with van der Waals surface area (Å²) in [4.78, 5) is 4.99. The van der Waals surface area contributed by atoms with Crippen LogP contribution in [0.5, 0.6) is 0 Å². The molecule has 0 saturated carbocycles. The van der Waals surface area contributed by atoms with Gasteiger partial charge in [-0.2, -0.15) is 0 Å². The maximum Gasteiger partial charge on any atom is 0.0494 e. The summed E-state index contributed by atoms with van der Waals surface area (Å²) in [7, 11) is 0. The summed E-state index contributed by atoms with van der Waals surface area (Å²) in [6.45, 7) is 7.98. The van der Waals surface area contributed by atoms with E-state index in [1.54, 1.807) is 0 Å². The van der Waals surface area contributed by atoms with Crippen LogP contribution < -0.4 is 4.90 Å². The molecule has 0 atom stereocenters. The van der Waals surface area contributed by atoms with Crippen LogP contribution in [0, 0.1) is 0 Å². The topological polar surface area (TPSA) is 6.48 Å². The van der Waals surface area contributed by atoms with Gasteiger partial charge >= 0.3 is 0 Å². The molecule has 1 saturated heterocycles. The van der Waals surface area contributed by atoms with Crippen LogP contribution in [0.2, 0.25) is 0 Å². The van der Waals surface area contributed by atoms with Crippen molar-refractivity contribution in [3.05, 3.63) is 28.2 Å². The molecule has 0 bridgehead atoms. The van der Waals surface area contributed by atoms with Crippen LogP contribution in [0.25, 0.3) is 0 Å². The molecular formula is C14H20BrClN2. The number of hydrogen-bond donors (Lipinski definition) is 0. The van der Waals surface area contributed by atoms with Gasteiger partial charge in [-0.25, -0.2) is 0 Å². The first-order valence-corrected chi connectivity index (χ1v) is 7.89. The molecule has 1 fully saturated rings. The van der Waals surface area contributed by atoms with Crippen LogP contribution in [-0.4, -0.2) is 37.6 Å². The molecule has 0 aromatic heterocycles. The van der Waals surface area contributed by atoms with E-state index >= 15 is 0 Å². The van der Waals surface area contributed by atoms with Crippen LogP contribution in [0.15, 0.2) is 22.7 Å². The Morgan fingerprint density at radius 1 is 1.22 bits per heavy atom. The molecule has 0 amide bonds. The lowest BCUT2D eigenvalue weighted by molar-refractivity contribution is 0.258. The fourth-order valence-corrected chi connectivity index (χ4v) is 3.12. The van der Waals surface area contributed by atoms with Crippen molar-refractivity contribution in [1.82, 2.24) is 4.90 Å². The van der Waals surface area contributed by atoms with Gasteiger partial charge < -0.3 is 4.90 Å². The third-order valence-electron chi connectivity index (χ3n) is 3.44. The molecule has 1 aromatic carbocycles. The zero-order chi connectivity index (χ0) is 13.0. The maximum atomic E-state index is 6.04. The van der Waals surface area contributed by atoms with Gasteiger partial charge in [-0.1, -0.05) is 22.9 Å². The highest BCUT2D eigenvalue weighted by atomic mass is 79.9. The fraction of sp³-hybridized carbons (Fsp3) is 0.571. The van der Waals surface area contributed by atoms with Crippen LogP contribution >= 0.6 is 27.5 Å². The van der Waals surface area contributed by atoms with E-state index < -0.39 is 0 Å². The molecule has 0 aliphatic carbocycles. The standard InChI is InChI=1S/C14H20BrClN2/c1-2-5-17-6-8-18(9-7-17)14-4-3-13(15)10-12(14)11-16/h3-4,10H,2,5-9,11H2,1H3. The van der Waals surface area contributed by atoms with Gasteiger partial charge in [0.2, 0.25) is 0 Å². The van der Waals surface area contributed by atoms with Crippen molar-refractivity contribution in [2.24, 2.45) is 0 Å². The first-order chi connectivity index (χ1) is 8.74. The van der Waals surface area contributed by atoms with E-state index in [-0.39, 0.29) is 0 Å². The van der Waals surface area contributed by atoms with Gasteiger partial charge in [-0.3, -0.25) is 4.90 Å². The van der Waals surface area contributed by atoms with Gasteiger partial charge in [0, 0.05) is 42.2 Å². The Kier molecular flexibility index (Phi) is 5.34. The van der Waals surface area contributed by atoms with Crippen LogP contribution in [0.1, 0.15) is 18.9 Å². The number of alkyl halides is 1. The van der Waals surface area contributed by atoms with Crippen molar-refractivity contribution < 1.29 is 0 Å². The Morgan fingerprint density at radius 3 is 2.56 bits per heavy atom. The van der Waals surface area contributed by atoms with Gasteiger partial charge in [0.05, 0.1) is 0 Å². The Labute approximate surface area is 123 Å². The summed E-state index contributed by atoms with van der Waals surface area (Å²) in [5, 5.41) is 0. The second-order valence-corrected chi connectivity index (χ2v) is 5.92. The molecule has 1 aromatic rings. The lowest BCUT2D eigenvalue weighted by Crippen LogP contribution is -2.46. The number of halogens is 2. The third kappa shape index (κ3) is 3.40. The second-order valence-electron chi connectivity index (χ2n) is 4.74. The molecule has 18 heavy (non-hydrogen) atoms. The minimum Gasteiger partial charge on any atom is -0.369 e. The molecule has 2 rings (SSSR count). The largest absolute Gasteiger partial charge is 0.369 e. The maximum absolute atomic E-state index is 6.04. The number of anilines is 1. The van der Waals surface area contributed by atoms with E-state index in [4.69, 9.17) is 11.6 Å². The lowest BCUT2D eigenvalue weighted by atomic mass is 10.1. The van der Waals surface area contributed by atoms with E-state index in [9.17, 15) is 0 Å². The van der Waals surface area contributed by atoms with Crippen molar-refractivity contribution in [2.75, 3.05) is 37.6 Å². The Hall–Kier alpha value is -0.250. The van der Waals surface area contributed by atoms with E-state index in [0.717, 1.165) is 30.7 Å². The predicted octanol–water partition coefficient (Wildman–Crippen LogP) is 3.72. The van der Waals surface area contributed by atoms with Gasteiger partial charge in [0.15, 0.2) is 0 Å². The summed E-state index contributed by atoms with van der Waals surface area (Å²) in [6, 6.07) is 6.40. The zero-order valence-electron chi connectivity index (χ0n) is 10.8. The van der Waals surface area contributed by atoms with Crippen molar-refractivity contribution in [1.29, 1.82) is 0 Å². The van der Waals surface area contributed by atoms with Gasteiger partial charge in [0.1, 0.15) is 0 Å². The molecule has 4 heteroatoms. The molecule has 100 valence electrons. The molecule has 0 N–H and O–H groups in total. The molecule has 2 nitrogen and oxygen atoms in total. The van der Waals surface area contributed by atoms with E-state index in [0.29, 0.717) is 5.88 Å². The minimum atomic E-state index is 0.573. The van der Waals surface area contributed by atoms with Crippen molar-refractivity contribution in [3.8, 4) is 0 Å².